The minimum Gasteiger partial charge on any atom is -0.493 e. The van der Waals surface area contributed by atoms with Crippen molar-refractivity contribution in [3.8, 4) is 17.6 Å². The number of hydrogen-bond donors (Lipinski definition) is 1. The van der Waals surface area contributed by atoms with E-state index in [-0.39, 0.29) is 18.6 Å². The maximum atomic E-state index is 12.4. The minimum absolute atomic E-state index is 0.0359. The zero-order valence-corrected chi connectivity index (χ0v) is 15.1. The molecule has 3 rings (SSSR count). The molecule has 1 fully saturated rings. The van der Waals surface area contributed by atoms with E-state index < -0.39 is 0 Å². The molecule has 0 spiro atoms. The SMILES string of the molecule is COc1cc(C#N)ccc1OCC(=O)NC(c1ccc(Cl)cc1)C1CC1. The van der Waals surface area contributed by atoms with Crippen molar-refractivity contribution in [1.82, 2.24) is 5.32 Å². The molecule has 1 aliphatic carbocycles. The maximum Gasteiger partial charge on any atom is 0.258 e. The van der Waals surface area contributed by atoms with Crippen LogP contribution in [0.25, 0.3) is 0 Å². The lowest BCUT2D eigenvalue weighted by Gasteiger charge is -2.19. The van der Waals surface area contributed by atoms with Crippen LogP contribution in [-0.4, -0.2) is 19.6 Å². The minimum atomic E-state index is -0.205. The van der Waals surface area contributed by atoms with Gasteiger partial charge >= 0.3 is 0 Å². The molecule has 1 N–H and O–H groups in total. The molecule has 0 bridgehead atoms. The van der Waals surface area contributed by atoms with E-state index in [0.29, 0.717) is 28.0 Å². The van der Waals surface area contributed by atoms with E-state index in [0.717, 1.165) is 18.4 Å². The number of ether oxygens (including phenoxy) is 2. The van der Waals surface area contributed by atoms with Crippen molar-refractivity contribution in [1.29, 1.82) is 5.26 Å². The Labute approximate surface area is 157 Å². The summed E-state index contributed by atoms with van der Waals surface area (Å²) in [5.41, 5.74) is 1.51. The molecule has 2 aromatic carbocycles. The molecule has 5 nitrogen and oxygen atoms in total. The Morgan fingerprint density at radius 1 is 1.27 bits per heavy atom. The highest BCUT2D eigenvalue weighted by molar-refractivity contribution is 6.30. The van der Waals surface area contributed by atoms with Crippen LogP contribution in [0.1, 0.15) is 30.0 Å². The van der Waals surface area contributed by atoms with Crippen LogP contribution in [0.5, 0.6) is 11.5 Å². The highest BCUT2D eigenvalue weighted by Gasteiger charge is 2.33. The molecule has 0 heterocycles. The van der Waals surface area contributed by atoms with E-state index in [1.807, 2.05) is 30.3 Å². The lowest BCUT2D eigenvalue weighted by atomic mass is 10.0. The predicted molar refractivity (Wildman–Crippen MR) is 98.3 cm³/mol. The molecular weight excluding hydrogens is 352 g/mol. The van der Waals surface area contributed by atoms with Gasteiger partial charge in [-0.15, -0.1) is 0 Å². The molecule has 26 heavy (non-hydrogen) atoms. The van der Waals surface area contributed by atoms with Crippen LogP contribution in [-0.2, 0) is 4.79 Å². The van der Waals surface area contributed by atoms with Crippen molar-refractivity contribution in [3.63, 3.8) is 0 Å². The van der Waals surface area contributed by atoms with Crippen molar-refractivity contribution >= 4 is 17.5 Å². The maximum absolute atomic E-state index is 12.4. The molecule has 1 amide bonds. The van der Waals surface area contributed by atoms with E-state index in [4.69, 9.17) is 26.3 Å². The number of carbonyl (C=O) groups excluding carboxylic acids is 1. The quantitative estimate of drug-likeness (QED) is 0.803. The number of rotatable bonds is 7. The number of benzene rings is 2. The van der Waals surface area contributed by atoms with Gasteiger partial charge in [0.05, 0.1) is 24.8 Å². The summed E-state index contributed by atoms with van der Waals surface area (Å²) in [5.74, 6) is 1.09. The van der Waals surface area contributed by atoms with Gasteiger partial charge < -0.3 is 14.8 Å². The van der Waals surface area contributed by atoms with Crippen LogP contribution in [0.3, 0.4) is 0 Å². The molecule has 1 atom stereocenters. The standard InChI is InChI=1S/C20H19ClN2O3/c1-25-18-10-13(11-22)2-9-17(18)26-12-19(24)23-20(14-3-4-14)15-5-7-16(21)8-6-15/h2,5-10,14,20H,3-4,12H2,1H3,(H,23,24). The molecule has 0 saturated heterocycles. The Morgan fingerprint density at radius 2 is 2.00 bits per heavy atom. The zero-order chi connectivity index (χ0) is 18.5. The first kappa shape index (κ1) is 18.1. The van der Waals surface area contributed by atoms with Crippen molar-refractivity contribution < 1.29 is 14.3 Å². The summed E-state index contributed by atoms with van der Waals surface area (Å²) in [6.07, 6.45) is 2.19. The molecule has 6 heteroatoms. The van der Waals surface area contributed by atoms with E-state index >= 15 is 0 Å². The zero-order valence-electron chi connectivity index (χ0n) is 14.4. The van der Waals surface area contributed by atoms with Crippen molar-refractivity contribution in [3.05, 3.63) is 58.6 Å². The second kappa shape index (κ2) is 8.11. The van der Waals surface area contributed by atoms with Crippen LogP contribution in [0, 0.1) is 17.2 Å². The van der Waals surface area contributed by atoms with Crippen LogP contribution >= 0.6 is 11.6 Å². The number of nitrogens with zero attached hydrogens (tertiary/aromatic N) is 1. The molecule has 0 radical (unpaired) electrons. The van der Waals surface area contributed by atoms with Crippen LogP contribution < -0.4 is 14.8 Å². The van der Waals surface area contributed by atoms with Crippen LogP contribution in [0.4, 0.5) is 0 Å². The van der Waals surface area contributed by atoms with E-state index in [2.05, 4.69) is 5.32 Å². The lowest BCUT2D eigenvalue weighted by Crippen LogP contribution is -2.33. The summed E-state index contributed by atoms with van der Waals surface area (Å²) in [4.78, 5) is 12.4. The van der Waals surface area contributed by atoms with E-state index in [9.17, 15) is 4.79 Å². The average Bonchev–Trinajstić information content (AvgIpc) is 3.50. The molecule has 1 unspecified atom stereocenters. The van der Waals surface area contributed by atoms with Gasteiger partial charge in [-0.3, -0.25) is 4.79 Å². The van der Waals surface area contributed by atoms with Crippen LogP contribution in [0.2, 0.25) is 5.02 Å². The topological polar surface area (TPSA) is 71.3 Å². The number of nitrogens with one attached hydrogen (secondary N) is 1. The van der Waals surface area contributed by atoms with Gasteiger partial charge in [-0.1, -0.05) is 23.7 Å². The summed E-state index contributed by atoms with van der Waals surface area (Å²) in [6.45, 7) is -0.126. The lowest BCUT2D eigenvalue weighted by molar-refractivity contribution is -0.124. The third-order valence-corrected chi connectivity index (χ3v) is 4.54. The van der Waals surface area contributed by atoms with Gasteiger partial charge in [-0.05, 0) is 48.6 Å². The van der Waals surface area contributed by atoms with Crippen molar-refractivity contribution in [2.75, 3.05) is 13.7 Å². The summed E-state index contributed by atoms with van der Waals surface area (Å²) in [7, 11) is 1.49. The number of amides is 1. The fraction of sp³-hybridized carbons (Fsp3) is 0.300. The number of nitriles is 1. The van der Waals surface area contributed by atoms with Gasteiger partial charge in [0.1, 0.15) is 0 Å². The first-order valence-electron chi connectivity index (χ1n) is 8.36. The van der Waals surface area contributed by atoms with Gasteiger partial charge in [-0.25, -0.2) is 0 Å². The van der Waals surface area contributed by atoms with E-state index in [1.165, 1.54) is 7.11 Å². The first-order valence-corrected chi connectivity index (χ1v) is 8.74. The monoisotopic (exact) mass is 370 g/mol. The summed E-state index contributed by atoms with van der Waals surface area (Å²) in [6, 6.07) is 14.4. The molecule has 2 aromatic rings. The molecular formula is C20H19ClN2O3. The normalized spacial score (nSPS) is 14.2. The average molecular weight is 371 g/mol. The van der Waals surface area contributed by atoms with Crippen molar-refractivity contribution in [2.24, 2.45) is 5.92 Å². The Hall–Kier alpha value is -2.71. The van der Waals surface area contributed by atoms with Gasteiger partial charge in [0.25, 0.3) is 5.91 Å². The second-order valence-electron chi connectivity index (χ2n) is 6.20. The summed E-state index contributed by atoms with van der Waals surface area (Å²) in [5, 5.41) is 12.6. The Balaban J connectivity index is 1.63. The molecule has 1 aliphatic rings. The Kier molecular flexibility index (Phi) is 5.65. The summed E-state index contributed by atoms with van der Waals surface area (Å²) >= 11 is 5.95. The highest BCUT2D eigenvalue weighted by atomic mass is 35.5. The molecule has 0 aliphatic heterocycles. The van der Waals surface area contributed by atoms with Gasteiger partial charge in [0, 0.05) is 11.1 Å². The van der Waals surface area contributed by atoms with E-state index in [1.54, 1.807) is 18.2 Å². The largest absolute Gasteiger partial charge is 0.493 e. The number of methoxy groups -OCH3 is 1. The third-order valence-electron chi connectivity index (χ3n) is 4.29. The second-order valence-corrected chi connectivity index (χ2v) is 6.64. The molecule has 0 aromatic heterocycles. The molecule has 1 saturated carbocycles. The number of carbonyl (C=O) groups is 1. The Morgan fingerprint density at radius 3 is 2.62 bits per heavy atom. The molecule has 134 valence electrons. The highest BCUT2D eigenvalue weighted by Crippen LogP contribution is 2.41. The Bertz CT molecular complexity index is 826. The summed E-state index contributed by atoms with van der Waals surface area (Å²) < 4.78 is 10.8. The fourth-order valence-corrected chi connectivity index (χ4v) is 2.91. The first-order chi connectivity index (χ1) is 12.6. The predicted octanol–water partition coefficient (Wildman–Crippen LogP) is 3.87. The third kappa shape index (κ3) is 4.47. The number of halogens is 1. The number of hydrogen-bond acceptors (Lipinski definition) is 4. The van der Waals surface area contributed by atoms with Gasteiger partial charge in [-0.2, -0.15) is 5.26 Å². The van der Waals surface area contributed by atoms with Gasteiger partial charge in [0.2, 0.25) is 0 Å². The van der Waals surface area contributed by atoms with Gasteiger partial charge in [0.15, 0.2) is 18.1 Å². The van der Waals surface area contributed by atoms with Crippen LogP contribution in [0.15, 0.2) is 42.5 Å². The fourth-order valence-electron chi connectivity index (χ4n) is 2.79. The van der Waals surface area contributed by atoms with Crippen molar-refractivity contribution in [2.45, 2.75) is 18.9 Å². The smallest absolute Gasteiger partial charge is 0.258 e.